The molecule has 0 aromatic carbocycles. The van der Waals surface area contributed by atoms with Gasteiger partial charge >= 0.3 is 0 Å². The summed E-state index contributed by atoms with van der Waals surface area (Å²) in [5.74, 6) is 5.69. The SMILES string of the molecule is Cc1occc1CSC(SSC(SCc1ccoc1C)c1ccoc1C)c1ccoc1C. The molecule has 0 fully saturated rings. The highest BCUT2D eigenvalue weighted by atomic mass is 33.1. The first-order chi connectivity index (χ1) is 15.5. The van der Waals surface area contributed by atoms with E-state index in [0.717, 1.165) is 34.5 Å². The molecule has 4 heterocycles. The van der Waals surface area contributed by atoms with Gasteiger partial charge in [-0.2, -0.15) is 0 Å². The fourth-order valence-electron chi connectivity index (χ4n) is 3.17. The molecule has 4 aromatic heterocycles. The van der Waals surface area contributed by atoms with Crippen molar-refractivity contribution < 1.29 is 17.7 Å². The summed E-state index contributed by atoms with van der Waals surface area (Å²) < 4.78 is 22.7. The van der Waals surface area contributed by atoms with Gasteiger partial charge in [0.2, 0.25) is 0 Å². The van der Waals surface area contributed by atoms with Crippen LogP contribution in [0.2, 0.25) is 0 Å². The molecule has 4 aromatic rings. The van der Waals surface area contributed by atoms with Crippen LogP contribution in [0.1, 0.15) is 54.5 Å². The Labute approximate surface area is 205 Å². The van der Waals surface area contributed by atoms with Crippen LogP contribution in [0.3, 0.4) is 0 Å². The van der Waals surface area contributed by atoms with Crippen molar-refractivity contribution in [3.63, 3.8) is 0 Å². The Morgan fingerprint density at radius 3 is 1.25 bits per heavy atom. The monoisotopic (exact) mass is 506 g/mol. The Bertz CT molecular complexity index is 1030. The summed E-state index contributed by atoms with van der Waals surface area (Å²) in [6, 6.07) is 8.28. The molecule has 4 rings (SSSR count). The second-order valence-corrected chi connectivity index (χ2v) is 12.6. The van der Waals surface area contributed by atoms with E-state index in [1.807, 2.05) is 72.8 Å². The smallest absolute Gasteiger partial charge is 0.105 e. The number of aryl methyl sites for hydroxylation is 4. The third-order valence-electron chi connectivity index (χ3n) is 5.25. The highest BCUT2D eigenvalue weighted by molar-refractivity contribution is 8.79. The van der Waals surface area contributed by atoms with Crippen molar-refractivity contribution in [1.82, 2.24) is 0 Å². The minimum Gasteiger partial charge on any atom is -0.469 e. The lowest BCUT2D eigenvalue weighted by Gasteiger charge is -2.20. The first kappa shape index (κ1) is 23.7. The first-order valence-electron chi connectivity index (χ1n) is 10.2. The maximum Gasteiger partial charge on any atom is 0.105 e. The maximum absolute atomic E-state index is 5.63. The summed E-state index contributed by atoms with van der Waals surface area (Å²) in [5, 5.41) is 0. The zero-order valence-corrected chi connectivity index (χ0v) is 21.7. The molecule has 0 aliphatic rings. The van der Waals surface area contributed by atoms with E-state index in [-0.39, 0.29) is 9.16 Å². The van der Waals surface area contributed by atoms with Crippen LogP contribution < -0.4 is 0 Å². The molecule has 0 radical (unpaired) electrons. The van der Waals surface area contributed by atoms with Crippen molar-refractivity contribution >= 4 is 45.1 Å². The van der Waals surface area contributed by atoms with Gasteiger partial charge in [0.15, 0.2) is 0 Å². The van der Waals surface area contributed by atoms with Crippen LogP contribution in [0, 0.1) is 27.7 Å². The highest BCUT2D eigenvalue weighted by Crippen LogP contribution is 2.56. The van der Waals surface area contributed by atoms with Gasteiger partial charge in [0.25, 0.3) is 0 Å². The number of thioether (sulfide) groups is 2. The fourth-order valence-corrected chi connectivity index (χ4v) is 10.1. The zero-order chi connectivity index (χ0) is 22.5. The van der Waals surface area contributed by atoms with Gasteiger partial charge in [-0.05, 0) is 52.0 Å². The van der Waals surface area contributed by atoms with Crippen molar-refractivity contribution in [2.75, 3.05) is 0 Å². The molecule has 8 heteroatoms. The summed E-state index contributed by atoms with van der Waals surface area (Å²) in [4.78, 5) is 0. The largest absolute Gasteiger partial charge is 0.469 e. The van der Waals surface area contributed by atoms with Crippen LogP contribution in [-0.2, 0) is 11.5 Å². The summed E-state index contributed by atoms with van der Waals surface area (Å²) in [6.45, 7) is 8.10. The van der Waals surface area contributed by atoms with Crippen molar-refractivity contribution in [2.45, 2.75) is 48.4 Å². The van der Waals surface area contributed by atoms with Gasteiger partial charge in [-0.25, -0.2) is 0 Å². The van der Waals surface area contributed by atoms with Gasteiger partial charge in [-0.15, -0.1) is 23.5 Å². The number of furan rings is 4. The van der Waals surface area contributed by atoms with E-state index in [4.69, 9.17) is 17.7 Å². The molecule has 4 nitrogen and oxygen atoms in total. The molecular formula is C24H26O4S4. The molecule has 2 unspecified atom stereocenters. The van der Waals surface area contributed by atoms with E-state index in [0.29, 0.717) is 0 Å². The molecular weight excluding hydrogens is 481 g/mol. The molecule has 0 aliphatic carbocycles. The molecule has 0 saturated carbocycles. The van der Waals surface area contributed by atoms with E-state index in [1.165, 1.54) is 22.3 Å². The van der Waals surface area contributed by atoms with Gasteiger partial charge in [-0.3, -0.25) is 0 Å². The molecule has 0 saturated heterocycles. The number of hydrogen-bond acceptors (Lipinski definition) is 8. The maximum atomic E-state index is 5.63. The topological polar surface area (TPSA) is 52.6 Å². The normalized spacial score (nSPS) is 13.5. The lowest BCUT2D eigenvalue weighted by Crippen LogP contribution is -1.94. The van der Waals surface area contributed by atoms with Crippen LogP contribution in [0.25, 0.3) is 0 Å². The van der Waals surface area contributed by atoms with Gasteiger partial charge in [0.05, 0.1) is 34.2 Å². The Morgan fingerprint density at radius 1 is 0.562 bits per heavy atom. The number of rotatable bonds is 11. The van der Waals surface area contributed by atoms with Crippen LogP contribution in [0.5, 0.6) is 0 Å². The van der Waals surface area contributed by atoms with Gasteiger partial charge < -0.3 is 17.7 Å². The number of hydrogen-bond donors (Lipinski definition) is 0. The van der Waals surface area contributed by atoms with Crippen molar-refractivity contribution in [2.24, 2.45) is 0 Å². The van der Waals surface area contributed by atoms with Crippen molar-refractivity contribution in [3.8, 4) is 0 Å². The van der Waals surface area contributed by atoms with E-state index in [1.54, 1.807) is 25.1 Å². The summed E-state index contributed by atoms with van der Waals surface area (Å²) in [7, 11) is 3.76. The summed E-state index contributed by atoms with van der Waals surface area (Å²) in [6.07, 6.45) is 7.08. The van der Waals surface area contributed by atoms with Gasteiger partial charge in [0, 0.05) is 33.8 Å². The minimum atomic E-state index is 0.235. The molecule has 170 valence electrons. The van der Waals surface area contributed by atoms with E-state index in [9.17, 15) is 0 Å². The van der Waals surface area contributed by atoms with E-state index < -0.39 is 0 Å². The minimum absolute atomic E-state index is 0.235. The van der Waals surface area contributed by atoms with E-state index in [2.05, 4.69) is 24.3 Å². The Balaban J connectivity index is 1.48. The third-order valence-corrected chi connectivity index (χ3v) is 11.9. The molecule has 0 N–H and O–H groups in total. The second kappa shape index (κ2) is 11.1. The zero-order valence-electron chi connectivity index (χ0n) is 18.5. The van der Waals surface area contributed by atoms with Crippen LogP contribution >= 0.6 is 45.1 Å². The predicted octanol–water partition coefficient (Wildman–Crippen LogP) is 9.24. The molecule has 32 heavy (non-hydrogen) atoms. The Morgan fingerprint density at radius 2 is 0.938 bits per heavy atom. The van der Waals surface area contributed by atoms with E-state index >= 15 is 0 Å². The second-order valence-electron chi connectivity index (χ2n) is 7.35. The Kier molecular flexibility index (Phi) is 8.21. The fraction of sp³-hybridized carbons (Fsp3) is 0.333. The van der Waals surface area contributed by atoms with Gasteiger partial charge in [-0.1, -0.05) is 21.6 Å². The summed E-state index contributed by atoms with van der Waals surface area (Å²) in [5.41, 5.74) is 4.93. The average Bonchev–Trinajstić information content (AvgIpc) is 3.56. The van der Waals surface area contributed by atoms with Crippen molar-refractivity contribution in [1.29, 1.82) is 0 Å². The standard InChI is InChI=1S/C24H26O4S4/c1-15-19(5-9-25-15)13-29-23(21-7-11-27-17(21)3)31-32-24(22-8-12-28-18(22)4)30-14-20-6-10-26-16(20)2/h5-12,23-24H,13-14H2,1-4H3. The molecule has 0 aliphatic heterocycles. The van der Waals surface area contributed by atoms with Crippen LogP contribution in [0.15, 0.2) is 67.0 Å². The van der Waals surface area contributed by atoms with Crippen LogP contribution in [-0.4, -0.2) is 0 Å². The Hall–Kier alpha value is -1.48. The van der Waals surface area contributed by atoms with Crippen molar-refractivity contribution in [3.05, 3.63) is 94.6 Å². The highest BCUT2D eigenvalue weighted by Gasteiger charge is 2.24. The third kappa shape index (κ3) is 5.71. The van der Waals surface area contributed by atoms with Gasteiger partial charge in [0.1, 0.15) is 23.0 Å². The molecule has 2 atom stereocenters. The quantitative estimate of drug-likeness (QED) is 0.147. The lowest BCUT2D eigenvalue weighted by molar-refractivity contribution is 0.530. The van der Waals surface area contributed by atoms with Crippen LogP contribution in [0.4, 0.5) is 0 Å². The molecule has 0 amide bonds. The average molecular weight is 507 g/mol. The predicted molar refractivity (Wildman–Crippen MR) is 137 cm³/mol. The molecule has 0 spiro atoms. The summed E-state index contributed by atoms with van der Waals surface area (Å²) >= 11 is 3.80. The first-order valence-corrected chi connectivity index (χ1v) is 14.6. The lowest BCUT2D eigenvalue weighted by atomic mass is 10.3. The molecule has 0 bridgehead atoms.